The lowest BCUT2D eigenvalue weighted by atomic mass is 10.0. The molecule has 0 aromatic heterocycles. The normalized spacial score (nSPS) is 16.2. The van der Waals surface area contributed by atoms with Crippen LogP contribution < -0.4 is 10.2 Å². The highest BCUT2D eigenvalue weighted by Gasteiger charge is 2.36. The summed E-state index contributed by atoms with van der Waals surface area (Å²) in [6.45, 7) is 4.38. The number of rotatable bonds is 5. The van der Waals surface area contributed by atoms with E-state index in [9.17, 15) is 14.4 Å². The molecule has 0 aliphatic carbocycles. The SMILES string of the molecule is CCc1cccc(C)c1N1CC(C(=O)Nc2cccc(C(=O)OC)c2)CC1=O. The molecule has 1 aliphatic heterocycles. The Kier molecular flexibility index (Phi) is 5.78. The lowest BCUT2D eigenvalue weighted by Crippen LogP contribution is -2.29. The molecule has 2 aromatic carbocycles. The first-order valence-electron chi connectivity index (χ1n) is 9.32. The van der Waals surface area contributed by atoms with E-state index in [1.807, 2.05) is 25.1 Å². The van der Waals surface area contributed by atoms with Crippen molar-refractivity contribution < 1.29 is 19.1 Å². The van der Waals surface area contributed by atoms with E-state index in [1.54, 1.807) is 29.2 Å². The monoisotopic (exact) mass is 380 g/mol. The number of para-hydroxylation sites is 1. The number of esters is 1. The average molecular weight is 380 g/mol. The number of anilines is 2. The van der Waals surface area contributed by atoms with Gasteiger partial charge in [0.05, 0.1) is 18.6 Å². The second kappa shape index (κ2) is 8.25. The molecule has 1 saturated heterocycles. The molecule has 6 heteroatoms. The fourth-order valence-electron chi connectivity index (χ4n) is 3.58. The molecule has 28 heavy (non-hydrogen) atoms. The van der Waals surface area contributed by atoms with Gasteiger partial charge in [0, 0.05) is 24.3 Å². The van der Waals surface area contributed by atoms with Crippen molar-refractivity contribution in [1.82, 2.24) is 0 Å². The maximum absolute atomic E-state index is 12.7. The first-order valence-corrected chi connectivity index (χ1v) is 9.32. The van der Waals surface area contributed by atoms with E-state index in [0.717, 1.165) is 23.2 Å². The topological polar surface area (TPSA) is 75.7 Å². The number of carbonyl (C=O) groups excluding carboxylic acids is 3. The molecular weight excluding hydrogens is 356 g/mol. The number of benzene rings is 2. The highest BCUT2D eigenvalue weighted by molar-refractivity contribution is 6.04. The summed E-state index contributed by atoms with van der Waals surface area (Å²) in [5.74, 6) is -1.19. The molecular formula is C22H24N2O4. The van der Waals surface area contributed by atoms with Crippen LogP contribution in [0.4, 0.5) is 11.4 Å². The van der Waals surface area contributed by atoms with E-state index in [4.69, 9.17) is 4.74 Å². The van der Waals surface area contributed by atoms with Crippen molar-refractivity contribution in [1.29, 1.82) is 0 Å². The Balaban J connectivity index is 1.75. The van der Waals surface area contributed by atoms with E-state index in [2.05, 4.69) is 12.2 Å². The Hall–Kier alpha value is -3.15. The molecule has 1 atom stereocenters. The van der Waals surface area contributed by atoms with Gasteiger partial charge in [0.25, 0.3) is 0 Å². The smallest absolute Gasteiger partial charge is 0.337 e. The minimum absolute atomic E-state index is 0.0486. The minimum Gasteiger partial charge on any atom is -0.465 e. The lowest BCUT2D eigenvalue weighted by Gasteiger charge is -2.22. The van der Waals surface area contributed by atoms with Gasteiger partial charge in [-0.15, -0.1) is 0 Å². The molecule has 1 N–H and O–H groups in total. The summed E-state index contributed by atoms with van der Waals surface area (Å²) < 4.78 is 4.70. The van der Waals surface area contributed by atoms with Crippen molar-refractivity contribution in [3.8, 4) is 0 Å². The van der Waals surface area contributed by atoms with Crippen LogP contribution in [0.25, 0.3) is 0 Å². The van der Waals surface area contributed by atoms with Crippen molar-refractivity contribution in [2.24, 2.45) is 5.92 Å². The van der Waals surface area contributed by atoms with Gasteiger partial charge in [-0.1, -0.05) is 31.2 Å². The van der Waals surface area contributed by atoms with Gasteiger partial charge in [0.2, 0.25) is 11.8 Å². The summed E-state index contributed by atoms with van der Waals surface area (Å²) in [7, 11) is 1.31. The summed E-state index contributed by atoms with van der Waals surface area (Å²) in [5.41, 5.74) is 3.90. The largest absolute Gasteiger partial charge is 0.465 e. The number of nitrogens with zero attached hydrogens (tertiary/aromatic N) is 1. The zero-order chi connectivity index (χ0) is 20.3. The molecule has 2 aromatic rings. The van der Waals surface area contributed by atoms with Crippen LogP contribution in [0.5, 0.6) is 0 Å². The van der Waals surface area contributed by atoms with Crippen molar-refractivity contribution >= 4 is 29.2 Å². The van der Waals surface area contributed by atoms with Crippen LogP contribution >= 0.6 is 0 Å². The molecule has 6 nitrogen and oxygen atoms in total. The highest BCUT2D eigenvalue weighted by Crippen LogP contribution is 2.32. The Labute approximate surface area is 164 Å². The van der Waals surface area contributed by atoms with Gasteiger partial charge in [-0.05, 0) is 42.7 Å². The molecule has 3 rings (SSSR count). The lowest BCUT2D eigenvalue weighted by molar-refractivity contribution is -0.122. The first kappa shape index (κ1) is 19.6. The summed E-state index contributed by atoms with van der Waals surface area (Å²) in [6, 6.07) is 12.5. The zero-order valence-electron chi connectivity index (χ0n) is 16.3. The predicted molar refractivity (Wildman–Crippen MR) is 107 cm³/mol. The van der Waals surface area contributed by atoms with Crippen LogP contribution in [-0.2, 0) is 20.7 Å². The van der Waals surface area contributed by atoms with Gasteiger partial charge in [-0.3, -0.25) is 9.59 Å². The van der Waals surface area contributed by atoms with Gasteiger partial charge in [0.15, 0.2) is 0 Å². The third-order valence-corrected chi connectivity index (χ3v) is 5.02. The minimum atomic E-state index is -0.468. The fourth-order valence-corrected chi connectivity index (χ4v) is 3.58. The fraction of sp³-hybridized carbons (Fsp3) is 0.318. The number of hydrogen-bond acceptors (Lipinski definition) is 4. The quantitative estimate of drug-likeness (QED) is 0.808. The van der Waals surface area contributed by atoms with Crippen LogP contribution in [0.15, 0.2) is 42.5 Å². The number of amides is 2. The molecule has 1 unspecified atom stereocenters. The summed E-state index contributed by atoms with van der Waals surface area (Å²) in [5, 5.41) is 2.81. The molecule has 2 amide bonds. The number of nitrogens with one attached hydrogen (secondary N) is 1. The maximum atomic E-state index is 12.7. The number of hydrogen-bond donors (Lipinski definition) is 1. The Morgan fingerprint density at radius 3 is 2.68 bits per heavy atom. The number of carbonyl (C=O) groups is 3. The van der Waals surface area contributed by atoms with E-state index in [0.29, 0.717) is 17.8 Å². The Morgan fingerprint density at radius 1 is 1.21 bits per heavy atom. The maximum Gasteiger partial charge on any atom is 0.337 e. The van der Waals surface area contributed by atoms with Gasteiger partial charge >= 0.3 is 5.97 Å². The second-order valence-corrected chi connectivity index (χ2v) is 6.90. The number of aryl methyl sites for hydroxylation is 2. The summed E-state index contributed by atoms with van der Waals surface area (Å²) >= 11 is 0. The molecule has 1 heterocycles. The second-order valence-electron chi connectivity index (χ2n) is 6.90. The standard InChI is InChI=1S/C22H24N2O4/c1-4-15-8-5-7-14(2)20(15)24-13-17(12-19(24)25)21(26)23-18-10-6-9-16(11-18)22(27)28-3/h5-11,17H,4,12-13H2,1-3H3,(H,23,26). The van der Waals surface area contributed by atoms with Gasteiger partial charge < -0.3 is 15.0 Å². The Morgan fingerprint density at radius 2 is 1.96 bits per heavy atom. The first-order chi connectivity index (χ1) is 13.4. The predicted octanol–water partition coefficient (Wildman–Crippen LogP) is 3.34. The van der Waals surface area contributed by atoms with Crippen molar-refractivity contribution in [3.63, 3.8) is 0 Å². The zero-order valence-corrected chi connectivity index (χ0v) is 16.3. The van der Waals surface area contributed by atoms with Gasteiger partial charge in [-0.2, -0.15) is 0 Å². The average Bonchev–Trinajstić information content (AvgIpc) is 3.08. The van der Waals surface area contributed by atoms with Crippen molar-refractivity contribution in [3.05, 3.63) is 59.2 Å². The molecule has 146 valence electrons. The molecule has 0 radical (unpaired) electrons. The molecule has 0 spiro atoms. The summed E-state index contributed by atoms with van der Waals surface area (Å²) in [4.78, 5) is 38.7. The number of methoxy groups -OCH3 is 1. The molecule has 0 saturated carbocycles. The van der Waals surface area contributed by atoms with Crippen LogP contribution in [0, 0.1) is 12.8 Å². The van der Waals surface area contributed by atoms with E-state index in [-0.39, 0.29) is 18.2 Å². The van der Waals surface area contributed by atoms with Crippen molar-refractivity contribution in [2.75, 3.05) is 23.9 Å². The highest BCUT2D eigenvalue weighted by atomic mass is 16.5. The van der Waals surface area contributed by atoms with Crippen molar-refractivity contribution in [2.45, 2.75) is 26.7 Å². The van der Waals surface area contributed by atoms with Gasteiger partial charge in [-0.25, -0.2) is 4.79 Å². The summed E-state index contributed by atoms with van der Waals surface area (Å²) in [6.07, 6.45) is 0.984. The van der Waals surface area contributed by atoms with Crippen LogP contribution in [0.1, 0.15) is 34.8 Å². The van der Waals surface area contributed by atoms with Crippen LogP contribution in [0.2, 0.25) is 0 Å². The molecule has 1 aliphatic rings. The Bertz CT molecular complexity index is 923. The third kappa shape index (κ3) is 3.91. The van der Waals surface area contributed by atoms with E-state index in [1.165, 1.54) is 7.11 Å². The third-order valence-electron chi connectivity index (χ3n) is 5.02. The van der Waals surface area contributed by atoms with Crippen LogP contribution in [0.3, 0.4) is 0 Å². The number of ether oxygens (including phenoxy) is 1. The van der Waals surface area contributed by atoms with Gasteiger partial charge in [0.1, 0.15) is 0 Å². The van der Waals surface area contributed by atoms with Crippen LogP contribution in [-0.4, -0.2) is 31.4 Å². The molecule has 1 fully saturated rings. The molecule has 0 bridgehead atoms. The van der Waals surface area contributed by atoms with E-state index >= 15 is 0 Å². The van der Waals surface area contributed by atoms with E-state index < -0.39 is 11.9 Å².